The monoisotopic (exact) mass is 295 g/mol. The summed E-state index contributed by atoms with van der Waals surface area (Å²) in [6.07, 6.45) is 1.12. The maximum absolute atomic E-state index is 13.3. The molecule has 114 valence electrons. The molecule has 1 fully saturated rings. The summed E-state index contributed by atoms with van der Waals surface area (Å²) in [6, 6.07) is 6.04. The summed E-state index contributed by atoms with van der Waals surface area (Å²) in [4.78, 5) is 24.4. The lowest BCUT2D eigenvalue weighted by Crippen LogP contribution is -2.40. The summed E-state index contributed by atoms with van der Waals surface area (Å²) in [5.74, 6) is -1.56. The first-order valence-corrected chi connectivity index (χ1v) is 6.96. The van der Waals surface area contributed by atoms with Gasteiger partial charge in [-0.3, -0.25) is 9.59 Å². The van der Waals surface area contributed by atoms with Gasteiger partial charge < -0.3 is 14.7 Å². The minimum atomic E-state index is -0.801. The van der Waals surface area contributed by atoms with Crippen LogP contribution in [0.2, 0.25) is 0 Å². The molecule has 1 N–H and O–H groups in total. The number of rotatable bonds is 5. The van der Waals surface area contributed by atoms with Gasteiger partial charge in [-0.05, 0) is 25.0 Å². The lowest BCUT2D eigenvalue weighted by molar-refractivity contribution is -0.145. The van der Waals surface area contributed by atoms with E-state index in [2.05, 4.69) is 0 Å². The zero-order valence-corrected chi connectivity index (χ0v) is 11.6. The van der Waals surface area contributed by atoms with Crippen molar-refractivity contribution in [2.75, 3.05) is 19.7 Å². The number of piperidine rings is 1. The summed E-state index contributed by atoms with van der Waals surface area (Å²) in [5.41, 5.74) is 0. The Morgan fingerprint density at radius 3 is 2.57 bits per heavy atom. The maximum Gasteiger partial charge on any atom is 0.306 e. The molecular weight excluding hydrogens is 277 g/mol. The smallest absolute Gasteiger partial charge is 0.306 e. The number of carbonyl (C=O) groups is 2. The summed E-state index contributed by atoms with van der Waals surface area (Å²) < 4.78 is 18.6. The molecule has 0 spiro atoms. The van der Waals surface area contributed by atoms with E-state index in [9.17, 15) is 14.0 Å². The first-order chi connectivity index (χ1) is 10.1. The molecule has 6 heteroatoms. The largest absolute Gasteiger partial charge is 0.490 e. The second-order valence-corrected chi connectivity index (χ2v) is 5.02. The fraction of sp³-hybridized carbons (Fsp3) is 0.467. The number of likely N-dealkylation sites (tertiary alicyclic amines) is 1. The highest BCUT2D eigenvalue weighted by Crippen LogP contribution is 2.19. The van der Waals surface area contributed by atoms with E-state index in [1.165, 1.54) is 12.1 Å². The Kier molecular flexibility index (Phi) is 5.14. The van der Waals surface area contributed by atoms with Gasteiger partial charge in [-0.2, -0.15) is 0 Å². The first kappa shape index (κ1) is 15.3. The van der Waals surface area contributed by atoms with Gasteiger partial charge in [-0.1, -0.05) is 12.1 Å². The van der Waals surface area contributed by atoms with Crippen LogP contribution in [0.3, 0.4) is 0 Å². The Morgan fingerprint density at radius 2 is 1.95 bits per heavy atom. The number of hydrogen-bond donors (Lipinski definition) is 1. The number of benzene rings is 1. The first-order valence-electron chi connectivity index (χ1n) is 6.96. The van der Waals surface area contributed by atoms with E-state index in [1.807, 2.05) is 0 Å². The van der Waals surface area contributed by atoms with E-state index >= 15 is 0 Å². The number of carboxylic acids is 1. The van der Waals surface area contributed by atoms with Crippen LogP contribution in [0.15, 0.2) is 24.3 Å². The molecule has 0 aliphatic carbocycles. The molecule has 0 saturated carbocycles. The summed E-state index contributed by atoms with van der Waals surface area (Å²) in [6.45, 7) is 1.02. The van der Waals surface area contributed by atoms with E-state index < -0.39 is 11.8 Å². The molecule has 1 saturated heterocycles. The minimum Gasteiger partial charge on any atom is -0.490 e. The summed E-state index contributed by atoms with van der Waals surface area (Å²) in [7, 11) is 0. The summed E-state index contributed by atoms with van der Waals surface area (Å²) in [5, 5.41) is 8.90. The molecule has 0 unspecified atom stereocenters. The van der Waals surface area contributed by atoms with Crippen molar-refractivity contribution in [3.05, 3.63) is 30.1 Å². The molecule has 1 heterocycles. The normalized spacial score (nSPS) is 15.8. The van der Waals surface area contributed by atoms with E-state index in [1.54, 1.807) is 17.0 Å². The van der Waals surface area contributed by atoms with Crippen LogP contribution in [0.4, 0.5) is 4.39 Å². The number of halogens is 1. The van der Waals surface area contributed by atoms with Gasteiger partial charge in [0.05, 0.1) is 18.9 Å². The second kappa shape index (κ2) is 7.06. The zero-order valence-electron chi connectivity index (χ0n) is 11.6. The predicted octanol–water partition coefficient (Wildman–Crippen LogP) is 1.92. The van der Waals surface area contributed by atoms with Crippen molar-refractivity contribution in [2.24, 2.45) is 5.92 Å². The quantitative estimate of drug-likeness (QED) is 0.901. The van der Waals surface area contributed by atoms with Crippen molar-refractivity contribution < 1.29 is 23.8 Å². The molecule has 1 aromatic rings. The Morgan fingerprint density at radius 1 is 1.29 bits per heavy atom. The zero-order chi connectivity index (χ0) is 15.2. The number of aliphatic carboxylic acids is 1. The molecule has 0 atom stereocenters. The van der Waals surface area contributed by atoms with E-state index in [4.69, 9.17) is 9.84 Å². The fourth-order valence-electron chi connectivity index (χ4n) is 2.34. The summed E-state index contributed by atoms with van der Waals surface area (Å²) >= 11 is 0. The number of para-hydroxylation sites is 1. The maximum atomic E-state index is 13.3. The molecule has 1 amide bonds. The van der Waals surface area contributed by atoms with Gasteiger partial charge >= 0.3 is 5.97 Å². The number of amides is 1. The Labute approximate surface area is 122 Å². The lowest BCUT2D eigenvalue weighted by atomic mass is 9.97. The third-order valence-corrected chi connectivity index (χ3v) is 3.61. The third-order valence-electron chi connectivity index (χ3n) is 3.61. The van der Waals surface area contributed by atoms with Crippen molar-refractivity contribution in [2.45, 2.75) is 19.3 Å². The van der Waals surface area contributed by atoms with Gasteiger partial charge in [0.2, 0.25) is 5.91 Å². The highest BCUT2D eigenvalue weighted by Gasteiger charge is 2.26. The molecule has 0 bridgehead atoms. The Hall–Kier alpha value is -2.11. The number of carbonyl (C=O) groups excluding carboxylic acids is 1. The van der Waals surface area contributed by atoms with Gasteiger partial charge in [0.15, 0.2) is 11.6 Å². The number of carboxylic acid groups (broad SMARTS) is 1. The molecule has 2 rings (SSSR count). The van der Waals surface area contributed by atoms with Crippen LogP contribution in [0.5, 0.6) is 5.75 Å². The van der Waals surface area contributed by atoms with E-state index in [0.717, 1.165) is 0 Å². The second-order valence-electron chi connectivity index (χ2n) is 5.02. The van der Waals surface area contributed by atoms with Gasteiger partial charge in [0.25, 0.3) is 0 Å². The molecular formula is C15H18FNO4. The highest BCUT2D eigenvalue weighted by molar-refractivity contribution is 5.77. The van der Waals surface area contributed by atoms with Crippen molar-refractivity contribution in [1.82, 2.24) is 4.90 Å². The van der Waals surface area contributed by atoms with Gasteiger partial charge in [0, 0.05) is 13.1 Å². The lowest BCUT2D eigenvalue weighted by Gasteiger charge is -2.30. The van der Waals surface area contributed by atoms with E-state index in [0.29, 0.717) is 25.9 Å². The third kappa shape index (κ3) is 4.18. The predicted molar refractivity (Wildman–Crippen MR) is 73.5 cm³/mol. The van der Waals surface area contributed by atoms with Gasteiger partial charge in [0.1, 0.15) is 0 Å². The number of nitrogens with zero attached hydrogens (tertiary/aromatic N) is 1. The molecule has 21 heavy (non-hydrogen) atoms. The number of ether oxygens (including phenoxy) is 1. The molecule has 0 aromatic heterocycles. The average Bonchev–Trinajstić information content (AvgIpc) is 2.49. The molecule has 1 aromatic carbocycles. The average molecular weight is 295 g/mol. The molecule has 1 aliphatic rings. The van der Waals surface area contributed by atoms with Crippen LogP contribution in [-0.2, 0) is 9.59 Å². The molecule has 0 radical (unpaired) electrons. The SMILES string of the molecule is O=C(O)C1CCN(C(=O)CCOc2ccccc2F)CC1. The van der Waals surface area contributed by atoms with Gasteiger partial charge in [-0.15, -0.1) is 0 Å². The van der Waals surface area contributed by atoms with Gasteiger partial charge in [-0.25, -0.2) is 4.39 Å². The van der Waals surface area contributed by atoms with Crippen molar-refractivity contribution in [3.63, 3.8) is 0 Å². The Bertz CT molecular complexity index is 512. The van der Waals surface area contributed by atoms with Crippen LogP contribution in [0, 0.1) is 11.7 Å². The van der Waals surface area contributed by atoms with Crippen LogP contribution in [0.1, 0.15) is 19.3 Å². The number of hydrogen-bond acceptors (Lipinski definition) is 3. The van der Waals surface area contributed by atoms with Crippen molar-refractivity contribution in [3.8, 4) is 5.75 Å². The van der Waals surface area contributed by atoms with E-state index in [-0.39, 0.29) is 30.6 Å². The standard InChI is InChI=1S/C15H18FNO4/c16-12-3-1-2-4-13(12)21-10-7-14(18)17-8-5-11(6-9-17)15(19)20/h1-4,11H,5-10H2,(H,19,20). The van der Waals surface area contributed by atoms with Crippen LogP contribution >= 0.6 is 0 Å². The molecule has 1 aliphatic heterocycles. The van der Waals surface area contributed by atoms with Crippen LogP contribution in [0.25, 0.3) is 0 Å². The molecule has 5 nitrogen and oxygen atoms in total. The van der Waals surface area contributed by atoms with Crippen molar-refractivity contribution >= 4 is 11.9 Å². The Balaban J connectivity index is 1.73. The topological polar surface area (TPSA) is 66.8 Å². The minimum absolute atomic E-state index is 0.0878. The van der Waals surface area contributed by atoms with Crippen LogP contribution in [-0.4, -0.2) is 41.6 Å². The van der Waals surface area contributed by atoms with Crippen molar-refractivity contribution in [1.29, 1.82) is 0 Å². The van der Waals surface area contributed by atoms with Crippen LogP contribution < -0.4 is 4.74 Å². The fourth-order valence-corrected chi connectivity index (χ4v) is 2.34. The highest BCUT2D eigenvalue weighted by atomic mass is 19.1.